The van der Waals surface area contributed by atoms with E-state index in [1.165, 1.54) is 38.8 Å². The summed E-state index contributed by atoms with van der Waals surface area (Å²) in [5, 5.41) is 3.48. The highest BCUT2D eigenvalue weighted by atomic mass is 15.1. The molecule has 1 heterocycles. The van der Waals surface area contributed by atoms with Gasteiger partial charge in [-0.05, 0) is 58.8 Å². The minimum atomic E-state index is 0.792. The summed E-state index contributed by atoms with van der Waals surface area (Å²) in [6.45, 7) is 4.75. The van der Waals surface area contributed by atoms with Crippen LogP contribution in [0.25, 0.3) is 0 Å². The lowest BCUT2D eigenvalue weighted by Crippen LogP contribution is -2.35. The van der Waals surface area contributed by atoms with E-state index in [-0.39, 0.29) is 0 Å². The predicted octanol–water partition coefficient (Wildman–Crippen LogP) is 1.72. The number of hydrogen-bond donors (Lipinski definition) is 1. The lowest BCUT2D eigenvalue weighted by molar-refractivity contribution is 0.190. The van der Waals surface area contributed by atoms with Crippen LogP contribution in [0.3, 0.4) is 0 Å². The van der Waals surface area contributed by atoms with Gasteiger partial charge < -0.3 is 10.2 Å². The second kappa shape index (κ2) is 5.61. The average molecular weight is 184 g/mol. The second-order valence-electron chi connectivity index (χ2n) is 4.38. The molecule has 0 aromatic rings. The molecule has 1 aliphatic rings. The maximum atomic E-state index is 3.48. The Morgan fingerprint density at radius 1 is 1.31 bits per heavy atom. The van der Waals surface area contributed by atoms with Crippen LogP contribution in [0.2, 0.25) is 0 Å². The Morgan fingerprint density at radius 2 is 2.08 bits per heavy atom. The summed E-state index contributed by atoms with van der Waals surface area (Å²) in [7, 11) is 4.43. The summed E-state index contributed by atoms with van der Waals surface area (Å²) in [6, 6.07) is 0.792. The molecule has 0 saturated carbocycles. The third-order valence-corrected chi connectivity index (χ3v) is 3.25. The molecule has 13 heavy (non-hydrogen) atoms. The predicted molar refractivity (Wildman–Crippen MR) is 58.0 cm³/mol. The van der Waals surface area contributed by atoms with Crippen molar-refractivity contribution < 1.29 is 0 Å². The van der Waals surface area contributed by atoms with Crippen molar-refractivity contribution in [2.75, 3.05) is 27.2 Å². The molecule has 1 aliphatic heterocycles. The molecule has 0 amide bonds. The summed E-state index contributed by atoms with van der Waals surface area (Å²) in [5.41, 5.74) is 0. The second-order valence-corrected chi connectivity index (χ2v) is 4.38. The fraction of sp³-hybridized carbons (Fsp3) is 1.00. The molecule has 1 N–H and O–H groups in total. The Morgan fingerprint density at radius 3 is 2.69 bits per heavy atom. The van der Waals surface area contributed by atoms with E-state index in [0.717, 1.165) is 12.0 Å². The molecule has 0 bridgehead atoms. The fourth-order valence-electron chi connectivity index (χ4n) is 2.55. The molecule has 1 rings (SSSR count). The van der Waals surface area contributed by atoms with Crippen molar-refractivity contribution in [3.8, 4) is 0 Å². The van der Waals surface area contributed by atoms with E-state index in [4.69, 9.17) is 0 Å². The van der Waals surface area contributed by atoms with Crippen molar-refractivity contribution in [3.63, 3.8) is 0 Å². The maximum Gasteiger partial charge on any atom is 0.0115 e. The molecule has 2 atom stereocenters. The third-order valence-electron chi connectivity index (χ3n) is 3.25. The number of nitrogens with one attached hydrogen (secondary N) is 1. The first kappa shape index (κ1) is 11.0. The lowest BCUT2D eigenvalue weighted by Gasteiger charge is -2.30. The molecule has 0 aromatic heterocycles. The monoisotopic (exact) mass is 184 g/mol. The highest BCUT2D eigenvalue weighted by Crippen LogP contribution is 2.22. The van der Waals surface area contributed by atoms with E-state index >= 15 is 0 Å². The zero-order valence-electron chi connectivity index (χ0n) is 9.34. The van der Waals surface area contributed by atoms with Gasteiger partial charge in [0.1, 0.15) is 0 Å². The fourth-order valence-corrected chi connectivity index (χ4v) is 2.55. The van der Waals surface area contributed by atoms with Crippen LogP contribution in [-0.4, -0.2) is 38.1 Å². The molecule has 1 saturated heterocycles. The van der Waals surface area contributed by atoms with Crippen molar-refractivity contribution >= 4 is 0 Å². The van der Waals surface area contributed by atoms with Gasteiger partial charge in [-0.1, -0.05) is 6.92 Å². The Kier molecular flexibility index (Phi) is 4.74. The Balaban J connectivity index is 2.45. The molecule has 78 valence electrons. The van der Waals surface area contributed by atoms with Gasteiger partial charge in [-0.25, -0.2) is 0 Å². The zero-order valence-corrected chi connectivity index (χ0v) is 9.34. The quantitative estimate of drug-likeness (QED) is 0.718. The van der Waals surface area contributed by atoms with Gasteiger partial charge in [-0.15, -0.1) is 0 Å². The minimum absolute atomic E-state index is 0.792. The number of nitrogens with zero attached hydrogens (tertiary/aromatic N) is 1. The first-order valence-electron chi connectivity index (χ1n) is 5.62. The van der Waals surface area contributed by atoms with E-state index in [1.807, 2.05) is 0 Å². The molecular formula is C11H24N2. The first-order valence-corrected chi connectivity index (χ1v) is 5.62. The standard InChI is InChI=1S/C11H24N2/c1-4-11(13(2)3)10-6-5-8-12-9-7-10/h10-12H,4-9H2,1-3H3. The van der Waals surface area contributed by atoms with Crippen molar-refractivity contribution in [1.82, 2.24) is 10.2 Å². The van der Waals surface area contributed by atoms with Crippen molar-refractivity contribution in [1.29, 1.82) is 0 Å². The van der Waals surface area contributed by atoms with Gasteiger partial charge in [0, 0.05) is 6.04 Å². The lowest BCUT2D eigenvalue weighted by atomic mass is 9.90. The molecule has 0 spiro atoms. The van der Waals surface area contributed by atoms with Crippen LogP contribution in [-0.2, 0) is 0 Å². The summed E-state index contributed by atoms with van der Waals surface area (Å²) in [5.74, 6) is 0.912. The Hall–Kier alpha value is -0.0800. The smallest absolute Gasteiger partial charge is 0.0115 e. The highest BCUT2D eigenvalue weighted by molar-refractivity contribution is 4.78. The van der Waals surface area contributed by atoms with E-state index in [0.29, 0.717) is 0 Å². The van der Waals surface area contributed by atoms with Crippen LogP contribution in [0.4, 0.5) is 0 Å². The largest absolute Gasteiger partial charge is 0.317 e. The molecule has 2 unspecified atom stereocenters. The van der Waals surface area contributed by atoms with Crippen molar-refractivity contribution in [3.05, 3.63) is 0 Å². The van der Waals surface area contributed by atoms with Gasteiger partial charge >= 0.3 is 0 Å². The van der Waals surface area contributed by atoms with Gasteiger partial charge in [0.25, 0.3) is 0 Å². The first-order chi connectivity index (χ1) is 6.25. The average Bonchev–Trinajstić information content (AvgIpc) is 2.33. The molecule has 0 radical (unpaired) electrons. The highest BCUT2D eigenvalue weighted by Gasteiger charge is 2.22. The van der Waals surface area contributed by atoms with Gasteiger partial charge in [0.2, 0.25) is 0 Å². The van der Waals surface area contributed by atoms with E-state index in [9.17, 15) is 0 Å². The van der Waals surface area contributed by atoms with Gasteiger partial charge in [-0.3, -0.25) is 0 Å². The molecule has 2 nitrogen and oxygen atoms in total. The van der Waals surface area contributed by atoms with Gasteiger partial charge in [0.05, 0.1) is 0 Å². The van der Waals surface area contributed by atoms with Crippen LogP contribution in [0.5, 0.6) is 0 Å². The Labute approximate surface area is 82.7 Å². The van der Waals surface area contributed by atoms with Gasteiger partial charge in [0.15, 0.2) is 0 Å². The summed E-state index contributed by atoms with van der Waals surface area (Å²) in [4.78, 5) is 2.40. The van der Waals surface area contributed by atoms with Crippen LogP contribution in [0.15, 0.2) is 0 Å². The van der Waals surface area contributed by atoms with Crippen LogP contribution in [0.1, 0.15) is 32.6 Å². The minimum Gasteiger partial charge on any atom is -0.317 e. The summed E-state index contributed by atoms with van der Waals surface area (Å²) >= 11 is 0. The summed E-state index contributed by atoms with van der Waals surface area (Å²) in [6.07, 6.45) is 5.41. The molecular weight excluding hydrogens is 160 g/mol. The van der Waals surface area contributed by atoms with E-state index in [1.54, 1.807) is 0 Å². The zero-order chi connectivity index (χ0) is 9.68. The molecule has 0 aromatic carbocycles. The molecule has 0 aliphatic carbocycles. The van der Waals surface area contributed by atoms with E-state index < -0.39 is 0 Å². The normalized spacial score (nSPS) is 27.2. The topological polar surface area (TPSA) is 15.3 Å². The van der Waals surface area contributed by atoms with Crippen molar-refractivity contribution in [2.45, 2.75) is 38.6 Å². The Bertz CT molecular complexity index is 126. The van der Waals surface area contributed by atoms with Crippen LogP contribution < -0.4 is 5.32 Å². The van der Waals surface area contributed by atoms with Crippen molar-refractivity contribution in [2.24, 2.45) is 5.92 Å². The van der Waals surface area contributed by atoms with E-state index in [2.05, 4.69) is 31.2 Å². The SMILES string of the molecule is CCC(C1CCCNCC1)N(C)C. The number of hydrogen-bond acceptors (Lipinski definition) is 2. The molecule has 2 heteroatoms. The van der Waals surface area contributed by atoms with Crippen LogP contribution in [0, 0.1) is 5.92 Å². The van der Waals surface area contributed by atoms with Crippen LogP contribution >= 0.6 is 0 Å². The maximum absolute atomic E-state index is 3.48. The van der Waals surface area contributed by atoms with Gasteiger partial charge in [-0.2, -0.15) is 0 Å². The number of rotatable bonds is 3. The summed E-state index contributed by atoms with van der Waals surface area (Å²) < 4.78 is 0. The molecule has 1 fully saturated rings. The third kappa shape index (κ3) is 3.28.